The summed E-state index contributed by atoms with van der Waals surface area (Å²) in [5, 5.41) is 5.29. The van der Waals surface area contributed by atoms with Crippen molar-refractivity contribution < 1.29 is 0 Å². The normalized spacial score (nSPS) is 18.2. The number of benzene rings is 6. The second-order valence-electron chi connectivity index (χ2n) is 12.8. The SMILES string of the molecule is CCCC(C1C(C)=C(c2cccc3ccccc23)c2ccccc21)C1C(C)=C(c2cccc3ccccc23)c2ccccc21. The van der Waals surface area contributed by atoms with Crippen LogP contribution >= 0.6 is 0 Å². The van der Waals surface area contributed by atoms with Gasteiger partial charge in [-0.05, 0) is 92.3 Å². The number of allylic oxidation sites excluding steroid dienone is 2. The van der Waals surface area contributed by atoms with Crippen molar-refractivity contribution in [1.29, 1.82) is 0 Å². The van der Waals surface area contributed by atoms with E-state index in [4.69, 9.17) is 0 Å². The average Bonchev–Trinajstić information content (AvgIpc) is 3.52. The maximum Gasteiger partial charge on any atom is 0.00982 e. The van der Waals surface area contributed by atoms with Crippen LogP contribution in [0.15, 0.2) is 145 Å². The third-order valence-electron chi connectivity index (χ3n) is 10.4. The van der Waals surface area contributed by atoms with E-state index in [1.165, 1.54) is 83.6 Å². The minimum atomic E-state index is 0.361. The Balaban J connectivity index is 1.35. The molecule has 6 aromatic carbocycles. The molecule has 0 bridgehead atoms. The maximum absolute atomic E-state index is 2.43. The molecule has 0 radical (unpaired) electrons. The van der Waals surface area contributed by atoms with Gasteiger partial charge < -0.3 is 0 Å². The summed E-state index contributed by atoms with van der Waals surface area (Å²) in [7, 11) is 0. The van der Waals surface area contributed by atoms with E-state index in [1.807, 2.05) is 0 Å². The quantitative estimate of drug-likeness (QED) is 0.188. The van der Waals surface area contributed by atoms with Gasteiger partial charge in [0.1, 0.15) is 0 Å². The Morgan fingerprint density at radius 3 is 1.32 bits per heavy atom. The Kier molecular flexibility index (Phi) is 6.60. The van der Waals surface area contributed by atoms with Crippen LogP contribution in [-0.2, 0) is 0 Å². The number of fused-ring (bicyclic) bond motifs is 4. The molecule has 0 aliphatic heterocycles. The lowest BCUT2D eigenvalue weighted by Crippen LogP contribution is -2.21. The molecule has 2 atom stereocenters. The molecule has 0 saturated carbocycles. The molecule has 2 unspecified atom stereocenters. The molecule has 214 valence electrons. The second kappa shape index (κ2) is 10.8. The van der Waals surface area contributed by atoms with Crippen molar-refractivity contribution in [3.05, 3.63) is 178 Å². The first kappa shape index (κ1) is 26.9. The number of rotatable bonds is 6. The molecule has 0 saturated heterocycles. The Labute approximate surface area is 261 Å². The zero-order valence-corrected chi connectivity index (χ0v) is 25.8. The van der Waals surface area contributed by atoms with E-state index >= 15 is 0 Å². The van der Waals surface area contributed by atoms with Crippen LogP contribution in [-0.4, -0.2) is 0 Å². The summed E-state index contributed by atoms with van der Waals surface area (Å²) in [6.45, 7) is 7.22. The molecular weight excluding hydrogens is 528 g/mol. The molecule has 8 rings (SSSR count). The first-order valence-corrected chi connectivity index (χ1v) is 16.2. The predicted molar refractivity (Wildman–Crippen MR) is 188 cm³/mol. The van der Waals surface area contributed by atoms with E-state index in [0.29, 0.717) is 17.8 Å². The molecule has 0 N–H and O–H groups in total. The third kappa shape index (κ3) is 4.05. The highest BCUT2D eigenvalue weighted by Crippen LogP contribution is 2.58. The van der Waals surface area contributed by atoms with Crippen molar-refractivity contribution in [3.8, 4) is 0 Å². The van der Waals surface area contributed by atoms with Gasteiger partial charge in [0.15, 0.2) is 0 Å². The Morgan fingerprint density at radius 1 is 0.455 bits per heavy atom. The summed E-state index contributed by atoms with van der Waals surface area (Å²) in [4.78, 5) is 0. The van der Waals surface area contributed by atoms with Gasteiger partial charge in [-0.2, -0.15) is 0 Å². The van der Waals surface area contributed by atoms with Crippen LogP contribution in [0.4, 0.5) is 0 Å². The van der Waals surface area contributed by atoms with E-state index in [9.17, 15) is 0 Å². The highest BCUT2D eigenvalue weighted by atomic mass is 14.5. The first-order valence-electron chi connectivity index (χ1n) is 16.2. The van der Waals surface area contributed by atoms with Gasteiger partial charge in [-0.25, -0.2) is 0 Å². The molecule has 0 heteroatoms. The standard InChI is InChI=1S/C44H38/c1-4-15-40(43-28(2)41(36-22-9-11-24-38(36)43)34-26-13-18-30-16-5-7-20-32(30)34)44-29(3)42(37-23-10-12-25-39(37)44)35-27-14-19-31-17-6-8-21-33(31)35/h5-14,16-27,40,43-44H,4,15H2,1-3H3. The average molecular weight is 567 g/mol. The first-order chi connectivity index (χ1) is 21.7. The molecule has 2 aliphatic rings. The van der Waals surface area contributed by atoms with Crippen LogP contribution in [0.2, 0.25) is 0 Å². The minimum absolute atomic E-state index is 0.361. The van der Waals surface area contributed by atoms with E-state index in [-0.39, 0.29) is 0 Å². The molecule has 0 aromatic heterocycles. The molecule has 0 fully saturated rings. The molecule has 0 spiro atoms. The van der Waals surface area contributed by atoms with Crippen molar-refractivity contribution in [2.75, 3.05) is 0 Å². The summed E-state index contributed by atoms with van der Waals surface area (Å²) >= 11 is 0. The van der Waals surface area contributed by atoms with Gasteiger partial charge >= 0.3 is 0 Å². The van der Waals surface area contributed by atoms with Gasteiger partial charge in [-0.1, -0.05) is 158 Å². The molecular formula is C44H38. The van der Waals surface area contributed by atoms with Gasteiger partial charge in [0.2, 0.25) is 0 Å². The predicted octanol–water partition coefficient (Wildman–Crippen LogP) is 11.9. The molecule has 2 aliphatic carbocycles. The summed E-state index contributed by atoms with van der Waals surface area (Å²) in [5.74, 6) is 1.18. The van der Waals surface area contributed by atoms with Crippen LogP contribution in [0, 0.1) is 5.92 Å². The lowest BCUT2D eigenvalue weighted by Gasteiger charge is -2.33. The fourth-order valence-corrected chi connectivity index (χ4v) is 8.76. The largest absolute Gasteiger partial charge is 0.0654 e. The van der Waals surface area contributed by atoms with Gasteiger partial charge in [0.05, 0.1) is 0 Å². The fraction of sp³-hybridized carbons (Fsp3) is 0.182. The highest BCUT2D eigenvalue weighted by molar-refractivity contribution is 6.02. The Bertz CT molecular complexity index is 1960. The Hall–Kier alpha value is -4.68. The summed E-state index contributed by atoms with van der Waals surface area (Å²) < 4.78 is 0. The van der Waals surface area contributed by atoms with Gasteiger partial charge in [-0.3, -0.25) is 0 Å². The maximum atomic E-state index is 2.43. The van der Waals surface area contributed by atoms with Gasteiger partial charge in [0, 0.05) is 11.8 Å². The van der Waals surface area contributed by atoms with Crippen molar-refractivity contribution in [1.82, 2.24) is 0 Å². The number of hydrogen-bond acceptors (Lipinski definition) is 0. The molecule has 0 heterocycles. The summed E-state index contributed by atoms with van der Waals surface area (Å²) in [5.41, 5.74) is 14.4. The molecule has 0 nitrogen and oxygen atoms in total. The van der Waals surface area contributed by atoms with Crippen molar-refractivity contribution >= 4 is 32.7 Å². The number of hydrogen-bond donors (Lipinski definition) is 0. The van der Waals surface area contributed by atoms with Crippen LogP contribution in [0.1, 0.15) is 78.8 Å². The highest BCUT2D eigenvalue weighted by Gasteiger charge is 2.42. The topological polar surface area (TPSA) is 0 Å². The molecule has 0 amide bonds. The smallest absolute Gasteiger partial charge is 0.00982 e. The lowest BCUT2D eigenvalue weighted by molar-refractivity contribution is 0.383. The fourth-order valence-electron chi connectivity index (χ4n) is 8.76. The van der Waals surface area contributed by atoms with Crippen LogP contribution in [0.3, 0.4) is 0 Å². The van der Waals surface area contributed by atoms with Crippen molar-refractivity contribution in [2.45, 2.75) is 45.4 Å². The van der Waals surface area contributed by atoms with Gasteiger partial charge in [-0.15, -0.1) is 0 Å². The van der Waals surface area contributed by atoms with Crippen LogP contribution in [0.25, 0.3) is 32.7 Å². The third-order valence-corrected chi connectivity index (χ3v) is 10.4. The Morgan fingerprint density at radius 2 is 0.841 bits per heavy atom. The van der Waals surface area contributed by atoms with Crippen LogP contribution < -0.4 is 0 Å². The van der Waals surface area contributed by atoms with E-state index in [1.54, 1.807) is 0 Å². The lowest BCUT2D eigenvalue weighted by atomic mass is 9.70. The van der Waals surface area contributed by atoms with Gasteiger partial charge in [0.25, 0.3) is 0 Å². The molecule has 6 aromatic rings. The van der Waals surface area contributed by atoms with Crippen molar-refractivity contribution in [2.24, 2.45) is 5.92 Å². The van der Waals surface area contributed by atoms with E-state index in [2.05, 4.69) is 154 Å². The zero-order valence-electron chi connectivity index (χ0n) is 25.8. The van der Waals surface area contributed by atoms with E-state index < -0.39 is 0 Å². The minimum Gasteiger partial charge on any atom is -0.0654 e. The summed E-state index contributed by atoms with van der Waals surface area (Å²) in [6, 6.07) is 49.9. The second-order valence-corrected chi connectivity index (χ2v) is 12.8. The van der Waals surface area contributed by atoms with E-state index in [0.717, 1.165) is 6.42 Å². The monoisotopic (exact) mass is 566 g/mol. The summed E-state index contributed by atoms with van der Waals surface area (Å²) in [6.07, 6.45) is 2.34. The van der Waals surface area contributed by atoms with Crippen molar-refractivity contribution in [3.63, 3.8) is 0 Å². The molecule has 44 heavy (non-hydrogen) atoms. The van der Waals surface area contributed by atoms with Crippen LogP contribution in [0.5, 0.6) is 0 Å². The zero-order chi connectivity index (χ0) is 29.8.